The molecule has 1 saturated heterocycles. The summed E-state index contributed by atoms with van der Waals surface area (Å²) in [6.07, 6.45) is 6.18. The number of esters is 1. The number of carbonyl (C=O) groups excluding carboxylic acids is 1. The Labute approximate surface area is 184 Å². The number of ether oxygens (including phenoxy) is 1. The minimum absolute atomic E-state index is 0. The molecule has 2 heterocycles. The van der Waals surface area contributed by atoms with Crippen molar-refractivity contribution < 1.29 is 9.53 Å². The lowest BCUT2D eigenvalue weighted by Gasteiger charge is -2.29. The zero-order valence-electron chi connectivity index (χ0n) is 17.3. The minimum atomic E-state index is -0.133. The fourth-order valence-electron chi connectivity index (χ4n) is 4.00. The van der Waals surface area contributed by atoms with Gasteiger partial charge in [-0.1, -0.05) is 26.2 Å². The molecule has 2 fully saturated rings. The molecule has 0 spiro atoms. The van der Waals surface area contributed by atoms with Gasteiger partial charge in [0.25, 0.3) is 0 Å². The van der Waals surface area contributed by atoms with E-state index in [-0.39, 0.29) is 41.8 Å². The molecular weight excluding hydrogens is 471 g/mol. The zero-order chi connectivity index (χ0) is 19.4. The average Bonchev–Trinajstić information content (AvgIpc) is 3.22. The Balaban J connectivity index is 0.00000280. The maximum Gasteiger partial charge on any atom is 0.310 e. The Hall–Kier alpha value is -1.39. The summed E-state index contributed by atoms with van der Waals surface area (Å²) in [7, 11) is 3.42. The Morgan fingerprint density at radius 2 is 1.96 bits per heavy atom. The highest BCUT2D eigenvalue weighted by molar-refractivity contribution is 14.0. The van der Waals surface area contributed by atoms with Gasteiger partial charge in [-0.25, -0.2) is 4.99 Å². The fourth-order valence-corrected chi connectivity index (χ4v) is 4.00. The third-order valence-electron chi connectivity index (χ3n) is 5.91. The molecule has 2 unspecified atom stereocenters. The number of guanidine groups is 1. The van der Waals surface area contributed by atoms with Gasteiger partial charge in [0.1, 0.15) is 12.4 Å². The first kappa shape index (κ1) is 22.9. The molecule has 3 rings (SSSR count). The predicted octanol–water partition coefficient (Wildman–Crippen LogP) is 2.26. The highest BCUT2D eigenvalue weighted by atomic mass is 127. The summed E-state index contributed by atoms with van der Waals surface area (Å²) in [5, 5.41) is 12.0. The molecule has 0 radical (unpaired) electrons. The van der Waals surface area contributed by atoms with Crippen LogP contribution in [0.15, 0.2) is 4.99 Å². The molecule has 1 aliphatic carbocycles. The summed E-state index contributed by atoms with van der Waals surface area (Å²) in [6, 6.07) is 0.450. The second-order valence-electron chi connectivity index (χ2n) is 7.85. The van der Waals surface area contributed by atoms with Crippen LogP contribution in [0.25, 0.3) is 0 Å². The third kappa shape index (κ3) is 5.36. The monoisotopic (exact) mass is 504 g/mol. The van der Waals surface area contributed by atoms with E-state index in [1.54, 1.807) is 0 Å². The molecule has 1 aliphatic heterocycles. The molecule has 1 N–H and O–H groups in total. The number of nitrogens with zero attached hydrogens (tertiary/aromatic N) is 5. The van der Waals surface area contributed by atoms with Crippen molar-refractivity contribution >= 4 is 35.9 Å². The van der Waals surface area contributed by atoms with E-state index >= 15 is 0 Å². The summed E-state index contributed by atoms with van der Waals surface area (Å²) in [5.41, 5.74) is 0. The first-order valence-corrected chi connectivity index (χ1v) is 9.98. The van der Waals surface area contributed by atoms with Crippen LogP contribution in [0.5, 0.6) is 0 Å². The van der Waals surface area contributed by atoms with E-state index in [9.17, 15) is 4.79 Å². The first-order valence-electron chi connectivity index (χ1n) is 9.98. The summed E-state index contributed by atoms with van der Waals surface area (Å²) in [4.78, 5) is 19.1. The zero-order valence-corrected chi connectivity index (χ0v) is 19.7. The molecular formula is C19H33IN6O2. The second-order valence-corrected chi connectivity index (χ2v) is 7.85. The Morgan fingerprint density at radius 3 is 2.57 bits per heavy atom. The largest absolute Gasteiger partial charge is 0.469 e. The third-order valence-corrected chi connectivity index (χ3v) is 5.91. The number of aryl methyl sites for hydroxylation is 1. The number of nitrogens with one attached hydrogen (secondary N) is 1. The van der Waals surface area contributed by atoms with Crippen LogP contribution in [-0.2, 0) is 23.1 Å². The van der Waals surface area contributed by atoms with Crippen molar-refractivity contribution in [1.29, 1.82) is 0 Å². The van der Waals surface area contributed by atoms with Crippen molar-refractivity contribution in [2.45, 2.75) is 58.5 Å². The van der Waals surface area contributed by atoms with Crippen molar-refractivity contribution in [3.63, 3.8) is 0 Å². The number of hydrogen-bond donors (Lipinski definition) is 1. The van der Waals surface area contributed by atoms with Crippen LogP contribution in [0.1, 0.15) is 50.7 Å². The maximum absolute atomic E-state index is 12.1. The van der Waals surface area contributed by atoms with E-state index in [1.807, 2.05) is 18.5 Å². The van der Waals surface area contributed by atoms with E-state index in [0.717, 1.165) is 24.2 Å². The number of aliphatic imine (C=N–C) groups is 1. The van der Waals surface area contributed by atoms with Gasteiger partial charge in [0.05, 0.1) is 13.0 Å². The minimum Gasteiger partial charge on any atom is -0.469 e. The van der Waals surface area contributed by atoms with Gasteiger partial charge in [-0.05, 0) is 25.7 Å². The van der Waals surface area contributed by atoms with E-state index in [1.165, 1.54) is 39.2 Å². The van der Waals surface area contributed by atoms with Crippen molar-refractivity contribution in [3.05, 3.63) is 11.6 Å². The number of methoxy groups -OCH3 is 1. The van der Waals surface area contributed by atoms with Gasteiger partial charge in [-0.15, -0.1) is 34.2 Å². The number of carbonyl (C=O) groups is 1. The highest BCUT2D eigenvalue weighted by Gasteiger charge is 2.37. The molecule has 2 atom stereocenters. The van der Waals surface area contributed by atoms with Gasteiger partial charge < -0.3 is 19.5 Å². The highest BCUT2D eigenvalue weighted by Crippen LogP contribution is 2.25. The van der Waals surface area contributed by atoms with Gasteiger partial charge in [0.15, 0.2) is 11.8 Å². The van der Waals surface area contributed by atoms with Crippen LogP contribution in [0.3, 0.4) is 0 Å². The van der Waals surface area contributed by atoms with E-state index in [2.05, 4.69) is 27.3 Å². The maximum atomic E-state index is 12.1. The summed E-state index contributed by atoms with van der Waals surface area (Å²) < 4.78 is 6.95. The molecule has 28 heavy (non-hydrogen) atoms. The van der Waals surface area contributed by atoms with Gasteiger partial charge in [-0.3, -0.25) is 4.79 Å². The molecule has 9 heteroatoms. The summed E-state index contributed by atoms with van der Waals surface area (Å²) in [5.74, 6) is 2.60. The molecule has 0 bridgehead atoms. The Morgan fingerprint density at radius 1 is 1.25 bits per heavy atom. The van der Waals surface area contributed by atoms with E-state index in [4.69, 9.17) is 9.73 Å². The SMILES string of the molecule is COC(=O)C1CN(C(=NCc2nnc(C)n2C)NC2CCCCC2)CC1C.I. The van der Waals surface area contributed by atoms with Crippen LogP contribution in [0.4, 0.5) is 0 Å². The molecule has 0 amide bonds. The fraction of sp³-hybridized carbons (Fsp3) is 0.789. The Bertz CT molecular complexity index is 686. The van der Waals surface area contributed by atoms with Gasteiger partial charge in [-0.2, -0.15) is 0 Å². The molecule has 2 aliphatic rings. The summed E-state index contributed by atoms with van der Waals surface area (Å²) >= 11 is 0. The lowest BCUT2D eigenvalue weighted by atomic mass is 9.96. The number of likely N-dealkylation sites (tertiary alicyclic amines) is 1. The number of rotatable bonds is 4. The molecule has 8 nitrogen and oxygen atoms in total. The van der Waals surface area contributed by atoms with Crippen molar-refractivity contribution in [2.75, 3.05) is 20.2 Å². The van der Waals surface area contributed by atoms with Crippen LogP contribution < -0.4 is 5.32 Å². The molecule has 1 aromatic rings. The smallest absolute Gasteiger partial charge is 0.310 e. The Kier molecular flexibility index (Phi) is 8.51. The second kappa shape index (κ2) is 10.4. The molecule has 0 aromatic carbocycles. The lowest BCUT2D eigenvalue weighted by Crippen LogP contribution is -2.46. The molecule has 1 saturated carbocycles. The van der Waals surface area contributed by atoms with Gasteiger partial charge in [0, 0.05) is 26.2 Å². The molecule has 1 aromatic heterocycles. The van der Waals surface area contributed by atoms with Crippen molar-refractivity contribution in [2.24, 2.45) is 23.9 Å². The first-order chi connectivity index (χ1) is 13.0. The van der Waals surface area contributed by atoms with Gasteiger partial charge >= 0.3 is 5.97 Å². The van der Waals surface area contributed by atoms with Crippen molar-refractivity contribution in [3.8, 4) is 0 Å². The standard InChI is InChI=1S/C19H32N6O2.HI/c1-13-11-25(12-16(13)18(26)27-4)19(21-15-8-6-5-7-9-15)20-10-17-23-22-14(2)24(17)3;/h13,15-16H,5-12H2,1-4H3,(H,20,21);1H. The number of aromatic nitrogens is 3. The summed E-state index contributed by atoms with van der Waals surface area (Å²) in [6.45, 7) is 5.96. The normalized spacial score (nSPS) is 23.4. The topological polar surface area (TPSA) is 84.6 Å². The van der Waals surface area contributed by atoms with Crippen molar-refractivity contribution in [1.82, 2.24) is 25.0 Å². The number of halogens is 1. The van der Waals surface area contributed by atoms with E-state index < -0.39 is 0 Å². The number of hydrogen-bond acceptors (Lipinski definition) is 5. The molecule has 158 valence electrons. The van der Waals surface area contributed by atoms with Crippen LogP contribution in [-0.4, -0.2) is 57.8 Å². The lowest BCUT2D eigenvalue weighted by molar-refractivity contribution is -0.145. The van der Waals surface area contributed by atoms with Crippen LogP contribution >= 0.6 is 24.0 Å². The van der Waals surface area contributed by atoms with Gasteiger partial charge in [0.2, 0.25) is 0 Å². The quantitative estimate of drug-likeness (QED) is 0.293. The van der Waals surface area contributed by atoms with Crippen LogP contribution in [0, 0.1) is 18.8 Å². The average molecular weight is 504 g/mol. The predicted molar refractivity (Wildman–Crippen MR) is 119 cm³/mol. The van der Waals surface area contributed by atoms with Crippen LogP contribution in [0.2, 0.25) is 0 Å². The van der Waals surface area contributed by atoms with E-state index in [0.29, 0.717) is 19.1 Å².